The van der Waals surface area contributed by atoms with E-state index in [4.69, 9.17) is 39.5 Å². The van der Waals surface area contributed by atoms with Crippen LogP contribution in [-0.2, 0) is 0 Å². The van der Waals surface area contributed by atoms with E-state index < -0.39 is 11.5 Å². The third-order valence-corrected chi connectivity index (χ3v) is 7.06. The Balaban J connectivity index is 1.40. The number of carbonyl (C=O) groups is 1. The molecule has 2 saturated heterocycles. The van der Waals surface area contributed by atoms with Crippen LogP contribution in [0, 0.1) is 0 Å². The molecule has 15 heteroatoms. The lowest BCUT2D eigenvalue weighted by molar-refractivity contribution is 0.102. The second-order valence-corrected chi connectivity index (χ2v) is 10.7. The predicted molar refractivity (Wildman–Crippen MR) is 155 cm³/mol. The van der Waals surface area contributed by atoms with Crippen LogP contribution in [0.15, 0.2) is 41.3 Å². The third kappa shape index (κ3) is 6.48. The van der Waals surface area contributed by atoms with Gasteiger partial charge in [-0.25, -0.2) is 0 Å². The molecule has 212 valence electrons. The molecule has 0 saturated carbocycles. The summed E-state index contributed by atoms with van der Waals surface area (Å²) in [5.74, 6) is 0.582. The summed E-state index contributed by atoms with van der Waals surface area (Å²) in [6, 6.07) is 7.52. The average molecular weight is 569 g/mol. The Bertz CT molecular complexity index is 1370. The molecule has 14 nitrogen and oxygen atoms in total. The van der Waals surface area contributed by atoms with Gasteiger partial charge in [0.2, 0.25) is 17.8 Å². The van der Waals surface area contributed by atoms with Gasteiger partial charge in [-0.2, -0.15) is 15.0 Å². The van der Waals surface area contributed by atoms with Crippen molar-refractivity contribution in [3.8, 4) is 0 Å². The minimum Gasteiger partial charge on any atom is -0.338 e. The maximum atomic E-state index is 12.6. The van der Waals surface area contributed by atoms with E-state index in [2.05, 4.69) is 25.6 Å². The number of benzene rings is 1. The minimum atomic E-state index is -0.577. The van der Waals surface area contributed by atoms with Crippen LogP contribution in [0.5, 0.6) is 0 Å². The van der Waals surface area contributed by atoms with E-state index in [9.17, 15) is 9.59 Å². The molecule has 2 aliphatic heterocycles. The molecule has 0 bridgehead atoms. The molecule has 1 amide bonds. The van der Waals surface area contributed by atoms with Crippen LogP contribution in [0.25, 0.3) is 0 Å². The Morgan fingerprint density at radius 2 is 1.48 bits per heavy atom. The summed E-state index contributed by atoms with van der Waals surface area (Å²) in [4.78, 5) is 44.9. The van der Waals surface area contributed by atoms with Crippen LogP contribution >= 0.6 is 11.6 Å². The molecular weight excluding hydrogens is 536 g/mol. The van der Waals surface area contributed by atoms with Crippen LogP contribution < -0.4 is 48.9 Å². The normalized spacial score (nSPS) is 23.1. The number of nitrogens with one attached hydrogen (secondary N) is 3. The molecule has 3 aromatic rings. The molecule has 0 radical (unpaired) electrons. The zero-order chi connectivity index (χ0) is 28.4. The lowest BCUT2D eigenvalue weighted by atomic mass is 10.0. The summed E-state index contributed by atoms with van der Waals surface area (Å²) in [6.07, 6.45) is 2.89. The van der Waals surface area contributed by atoms with Gasteiger partial charge in [-0.15, -0.1) is 0 Å². The molecule has 4 unspecified atom stereocenters. The fourth-order valence-corrected chi connectivity index (χ4v) is 5.22. The third-order valence-electron chi connectivity index (χ3n) is 6.74. The first-order valence-corrected chi connectivity index (χ1v) is 13.4. The first-order chi connectivity index (χ1) is 19.1. The number of nitrogens with zero attached hydrogens (tertiary/aromatic N) is 5. The van der Waals surface area contributed by atoms with E-state index in [1.54, 1.807) is 24.3 Å². The molecule has 2 aliphatic rings. The number of carbonyl (C=O) groups excluding carboxylic acids is 1. The monoisotopic (exact) mass is 568 g/mol. The van der Waals surface area contributed by atoms with Gasteiger partial charge in [-0.05, 0) is 43.2 Å². The zero-order valence-corrected chi connectivity index (χ0v) is 22.5. The summed E-state index contributed by atoms with van der Waals surface area (Å²) < 4.78 is 0. The van der Waals surface area contributed by atoms with Gasteiger partial charge in [0.25, 0.3) is 11.5 Å². The number of anilines is 5. The lowest BCUT2D eigenvalue weighted by Gasteiger charge is -2.37. The van der Waals surface area contributed by atoms with Crippen molar-refractivity contribution in [1.29, 1.82) is 0 Å². The van der Waals surface area contributed by atoms with Crippen molar-refractivity contribution in [2.24, 2.45) is 22.9 Å². The van der Waals surface area contributed by atoms with Gasteiger partial charge in [0.05, 0.1) is 10.7 Å². The largest absolute Gasteiger partial charge is 0.338 e. The topological polar surface area (TPSA) is 223 Å². The summed E-state index contributed by atoms with van der Waals surface area (Å²) in [6.45, 7) is 2.22. The maximum Gasteiger partial charge on any atom is 0.261 e. The van der Waals surface area contributed by atoms with Gasteiger partial charge in [0.1, 0.15) is 5.56 Å². The van der Waals surface area contributed by atoms with Gasteiger partial charge < -0.3 is 48.4 Å². The number of amides is 1. The Kier molecular flexibility index (Phi) is 8.14. The van der Waals surface area contributed by atoms with Crippen molar-refractivity contribution in [1.82, 2.24) is 19.9 Å². The van der Waals surface area contributed by atoms with Crippen LogP contribution in [0.2, 0.25) is 5.02 Å². The fraction of sp³-hybridized carbons (Fsp3) is 0.400. The van der Waals surface area contributed by atoms with Crippen LogP contribution in [0.1, 0.15) is 23.2 Å². The molecule has 40 heavy (non-hydrogen) atoms. The summed E-state index contributed by atoms with van der Waals surface area (Å²) >= 11 is 6.47. The highest BCUT2D eigenvalue weighted by molar-refractivity contribution is 6.34. The second-order valence-electron chi connectivity index (χ2n) is 10.3. The molecule has 0 aliphatic carbocycles. The summed E-state index contributed by atoms with van der Waals surface area (Å²) in [5, 5.41) is 6.09. The van der Waals surface area contributed by atoms with Crippen molar-refractivity contribution in [3.63, 3.8) is 0 Å². The number of aromatic nitrogens is 4. The Morgan fingerprint density at radius 3 is 2.00 bits per heavy atom. The molecule has 11 N–H and O–H groups in total. The molecule has 2 fully saturated rings. The SMILES string of the molecule is NC1CC(N)CN(c2nc(Nc3ccc(NC(=O)c4ccc[nH]c4=O)c(Cl)c3)nc(N3CC(N)CC(N)C3)n2)C1. The van der Waals surface area contributed by atoms with Crippen molar-refractivity contribution < 1.29 is 4.79 Å². The van der Waals surface area contributed by atoms with E-state index in [1.807, 2.05) is 9.80 Å². The molecular formula is C25H33ClN12O2. The van der Waals surface area contributed by atoms with E-state index in [-0.39, 0.29) is 40.7 Å². The van der Waals surface area contributed by atoms with Crippen molar-refractivity contribution in [2.75, 3.05) is 46.6 Å². The number of hydrogen-bond acceptors (Lipinski definition) is 12. The van der Waals surface area contributed by atoms with Gasteiger partial charge in [0.15, 0.2) is 0 Å². The van der Waals surface area contributed by atoms with Gasteiger partial charge in [-0.1, -0.05) is 11.6 Å². The fourth-order valence-electron chi connectivity index (χ4n) is 4.99. The number of rotatable bonds is 6. The number of nitrogens with two attached hydrogens (primary N) is 4. The number of H-pyrrole nitrogens is 1. The van der Waals surface area contributed by atoms with Gasteiger partial charge >= 0.3 is 0 Å². The maximum absolute atomic E-state index is 12.6. The molecule has 0 spiro atoms. The molecule has 4 atom stereocenters. The number of aromatic amines is 1. The summed E-state index contributed by atoms with van der Waals surface area (Å²) in [7, 11) is 0. The Hall–Kier alpha value is -3.82. The quantitative estimate of drug-likeness (QED) is 0.208. The molecule has 5 rings (SSSR count). The summed E-state index contributed by atoms with van der Waals surface area (Å²) in [5.41, 5.74) is 25.3. The van der Waals surface area contributed by atoms with E-state index in [0.29, 0.717) is 49.5 Å². The van der Waals surface area contributed by atoms with Gasteiger partial charge in [0, 0.05) is 62.2 Å². The minimum absolute atomic E-state index is 0.0275. The second kappa shape index (κ2) is 11.7. The number of hydrogen-bond donors (Lipinski definition) is 7. The highest BCUT2D eigenvalue weighted by Crippen LogP contribution is 2.28. The standard InChI is InChI=1S/C25H33ClN12O2/c26-19-8-17(3-4-20(19)33-22(40)18-2-1-5-31-21(18)39)32-23-34-24(37-9-13(27)6-14(28)10-37)36-25(35-23)38-11-15(29)7-16(30)12-38/h1-5,8,13-16H,6-7,9-12,27-30H2,(H,31,39)(H,33,40)(H,32,34,35,36). The van der Waals surface area contributed by atoms with Crippen molar-refractivity contribution in [2.45, 2.75) is 37.0 Å². The van der Waals surface area contributed by atoms with Crippen LogP contribution in [-0.4, -0.2) is 76.2 Å². The van der Waals surface area contributed by atoms with Crippen LogP contribution in [0.4, 0.5) is 29.2 Å². The van der Waals surface area contributed by atoms with Crippen molar-refractivity contribution >= 4 is 46.7 Å². The molecule has 4 heterocycles. The van der Waals surface area contributed by atoms with Crippen molar-refractivity contribution in [3.05, 3.63) is 57.5 Å². The Labute approximate surface area is 235 Å². The van der Waals surface area contributed by atoms with E-state index >= 15 is 0 Å². The number of halogens is 1. The van der Waals surface area contributed by atoms with E-state index in [0.717, 1.165) is 12.8 Å². The smallest absolute Gasteiger partial charge is 0.261 e. The highest BCUT2D eigenvalue weighted by atomic mass is 35.5. The first-order valence-electron chi connectivity index (χ1n) is 13.0. The average Bonchev–Trinajstić information content (AvgIpc) is 2.89. The lowest BCUT2D eigenvalue weighted by Crippen LogP contribution is -2.54. The molecule has 1 aromatic carbocycles. The molecule has 2 aromatic heterocycles. The predicted octanol–water partition coefficient (Wildman–Crippen LogP) is -0.0614. The van der Waals surface area contributed by atoms with Crippen LogP contribution in [0.3, 0.4) is 0 Å². The van der Waals surface area contributed by atoms with Gasteiger partial charge in [-0.3, -0.25) is 9.59 Å². The number of pyridine rings is 1. The number of piperidine rings is 2. The van der Waals surface area contributed by atoms with E-state index in [1.165, 1.54) is 12.3 Å². The highest BCUT2D eigenvalue weighted by Gasteiger charge is 2.29. The Morgan fingerprint density at radius 1 is 0.900 bits per heavy atom. The first kappa shape index (κ1) is 27.7. The zero-order valence-electron chi connectivity index (χ0n) is 21.8.